The lowest BCUT2D eigenvalue weighted by Gasteiger charge is -2.32. The van der Waals surface area contributed by atoms with E-state index in [1.807, 2.05) is 13.1 Å². The summed E-state index contributed by atoms with van der Waals surface area (Å²) in [5, 5.41) is 4.02. The molecule has 2 heterocycles. The SMILES string of the molecule is CNC1CCCN(Cc2cc(Cl)c3c(c2)OCCO3)C1. The molecule has 110 valence electrons. The fraction of sp³-hybridized carbons (Fsp3) is 0.600. The second-order valence-electron chi connectivity index (χ2n) is 5.46. The van der Waals surface area contributed by atoms with Crippen molar-refractivity contribution in [2.24, 2.45) is 0 Å². The second kappa shape index (κ2) is 6.20. The van der Waals surface area contributed by atoms with Crippen LogP contribution in [0.3, 0.4) is 0 Å². The number of hydrogen-bond acceptors (Lipinski definition) is 4. The van der Waals surface area contributed by atoms with Crippen LogP contribution in [0.4, 0.5) is 0 Å². The highest BCUT2D eigenvalue weighted by Gasteiger charge is 2.21. The van der Waals surface area contributed by atoms with E-state index in [0.29, 0.717) is 30.0 Å². The smallest absolute Gasteiger partial charge is 0.179 e. The first-order chi connectivity index (χ1) is 9.76. The summed E-state index contributed by atoms with van der Waals surface area (Å²) in [5.74, 6) is 1.47. The van der Waals surface area contributed by atoms with Crippen LogP contribution in [-0.4, -0.2) is 44.3 Å². The molecule has 1 saturated heterocycles. The number of fused-ring (bicyclic) bond motifs is 1. The number of rotatable bonds is 3. The van der Waals surface area contributed by atoms with E-state index in [0.717, 1.165) is 25.4 Å². The number of ether oxygens (including phenoxy) is 2. The monoisotopic (exact) mass is 296 g/mol. The molecule has 0 bridgehead atoms. The fourth-order valence-electron chi connectivity index (χ4n) is 2.95. The van der Waals surface area contributed by atoms with E-state index in [9.17, 15) is 0 Å². The molecule has 2 aliphatic rings. The summed E-state index contributed by atoms with van der Waals surface area (Å²) in [6.45, 7) is 4.31. The van der Waals surface area contributed by atoms with Crippen LogP contribution in [-0.2, 0) is 6.54 Å². The van der Waals surface area contributed by atoms with Crippen molar-refractivity contribution >= 4 is 11.6 Å². The van der Waals surface area contributed by atoms with Crippen molar-refractivity contribution < 1.29 is 9.47 Å². The number of piperidine rings is 1. The predicted molar refractivity (Wildman–Crippen MR) is 79.8 cm³/mol. The highest BCUT2D eigenvalue weighted by Crippen LogP contribution is 2.38. The Labute approximate surface area is 125 Å². The van der Waals surface area contributed by atoms with Crippen molar-refractivity contribution in [2.45, 2.75) is 25.4 Å². The molecule has 1 atom stereocenters. The summed E-state index contributed by atoms with van der Waals surface area (Å²) in [7, 11) is 2.04. The summed E-state index contributed by atoms with van der Waals surface area (Å²) in [4.78, 5) is 2.46. The van der Waals surface area contributed by atoms with Gasteiger partial charge in [0.15, 0.2) is 11.5 Å². The molecule has 0 spiro atoms. The van der Waals surface area contributed by atoms with Crippen LogP contribution in [0.15, 0.2) is 12.1 Å². The molecule has 0 aromatic heterocycles. The molecular weight excluding hydrogens is 276 g/mol. The lowest BCUT2D eigenvalue weighted by atomic mass is 10.0. The maximum absolute atomic E-state index is 6.29. The standard InChI is InChI=1S/C15H21ClN2O2/c1-17-12-3-2-4-18(10-12)9-11-7-13(16)15-14(8-11)19-5-6-20-15/h7-8,12,17H,2-6,9-10H2,1H3. The molecule has 0 amide bonds. The maximum atomic E-state index is 6.29. The number of likely N-dealkylation sites (tertiary alicyclic amines) is 1. The van der Waals surface area contributed by atoms with Crippen LogP contribution in [0.2, 0.25) is 5.02 Å². The molecule has 1 fully saturated rings. The van der Waals surface area contributed by atoms with Crippen molar-refractivity contribution in [2.75, 3.05) is 33.4 Å². The molecule has 1 N–H and O–H groups in total. The first-order valence-electron chi connectivity index (χ1n) is 7.24. The number of nitrogens with zero attached hydrogens (tertiary/aromatic N) is 1. The first-order valence-corrected chi connectivity index (χ1v) is 7.61. The third-order valence-electron chi connectivity index (χ3n) is 3.98. The van der Waals surface area contributed by atoms with Crippen molar-refractivity contribution in [3.63, 3.8) is 0 Å². The van der Waals surface area contributed by atoms with Gasteiger partial charge < -0.3 is 14.8 Å². The highest BCUT2D eigenvalue weighted by atomic mass is 35.5. The Morgan fingerprint density at radius 3 is 3.05 bits per heavy atom. The summed E-state index contributed by atoms with van der Waals surface area (Å²) < 4.78 is 11.2. The van der Waals surface area contributed by atoms with Gasteiger partial charge in [-0.15, -0.1) is 0 Å². The zero-order valence-electron chi connectivity index (χ0n) is 11.8. The third kappa shape index (κ3) is 3.03. The van der Waals surface area contributed by atoms with Gasteiger partial charge in [0.25, 0.3) is 0 Å². The Hall–Kier alpha value is -0.970. The molecule has 20 heavy (non-hydrogen) atoms. The van der Waals surface area contributed by atoms with Crippen LogP contribution < -0.4 is 14.8 Å². The van der Waals surface area contributed by atoms with E-state index in [2.05, 4.69) is 16.3 Å². The Morgan fingerprint density at radius 2 is 2.20 bits per heavy atom. The topological polar surface area (TPSA) is 33.7 Å². The molecule has 1 unspecified atom stereocenters. The molecule has 0 radical (unpaired) electrons. The minimum absolute atomic E-state index is 0.571. The zero-order valence-corrected chi connectivity index (χ0v) is 12.6. The van der Waals surface area contributed by atoms with Crippen molar-refractivity contribution in [1.29, 1.82) is 0 Å². The summed E-state index contributed by atoms with van der Waals surface area (Å²) in [6.07, 6.45) is 2.50. The molecule has 2 aliphatic heterocycles. The number of likely N-dealkylation sites (N-methyl/N-ethyl adjacent to an activating group) is 1. The van der Waals surface area contributed by atoms with Gasteiger partial charge >= 0.3 is 0 Å². The number of nitrogens with one attached hydrogen (secondary N) is 1. The molecule has 0 saturated carbocycles. The molecule has 1 aromatic rings. The van der Waals surface area contributed by atoms with E-state index in [4.69, 9.17) is 21.1 Å². The van der Waals surface area contributed by atoms with E-state index < -0.39 is 0 Å². The van der Waals surface area contributed by atoms with Crippen LogP contribution >= 0.6 is 11.6 Å². The number of benzene rings is 1. The van der Waals surface area contributed by atoms with Crippen molar-refractivity contribution in [3.8, 4) is 11.5 Å². The molecule has 1 aromatic carbocycles. The Bertz CT molecular complexity index is 481. The molecule has 5 heteroatoms. The third-order valence-corrected chi connectivity index (χ3v) is 4.26. The Kier molecular flexibility index (Phi) is 4.34. The van der Waals surface area contributed by atoms with Crippen molar-refractivity contribution in [1.82, 2.24) is 10.2 Å². The lowest BCUT2D eigenvalue weighted by Crippen LogP contribution is -2.43. The molecule has 3 rings (SSSR count). The second-order valence-corrected chi connectivity index (χ2v) is 5.87. The van der Waals surface area contributed by atoms with Gasteiger partial charge in [0.2, 0.25) is 0 Å². The maximum Gasteiger partial charge on any atom is 0.179 e. The fourth-order valence-corrected chi connectivity index (χ4v) is 3.24. The van der Waals surface area contributed by atoms with Crippen LogP contribution in [0.25, 0.3) is 0 Å². The molecule has 0 aliphatic carbocycles. The lowest BCUT2D eigenvalue weighted by molar-refractivity contribution is 0.169. The summed E-state index contributed by atoms with van der Waals surface area (Å²) in [5.41, 5.74) is 1.19. The van der Waals surface area contributed by atoms with Gasteiger partial charge in [-0.25, -0.2) is 0 Å². The first kappa shape index (κ1) is 14.0. The average Bonchev–Trinajstić information content (AvgIpc) is 2.47. The van der Waals surface area contributed by atoms with Crippen LogP contribution in [0.1, 0.15) is 18.4 Å². The summed E-state index contributed by atoms with van der Waals surface area (Å²) in [6, 6.07) is 4.65. The quantitative estimate of drug-likeness (QED) is 0.928. The predicted octanol–water partition coefficient (Wildman–Crippen LogP) is 2.29. The van der Waals surface area contributed by atoms with Gasteiger partial charge in [0.1, 0.15) is 13.2 Å². The average molecular weight is 297 g/mol. The van der Waals surface area contributed by atoms with Gasteiger partial charge in [-0.1, -0.05) is 11.6 Å². The van der Waals surface area contributed by atoms with Gasteiger partial charge in [-0.2, -0.15) is 0 Å². The van der Waals surface area contributed by atoms with Crippen LogP contribution in [0, 0.1) is 0 Å². The zero-order chi connectivity index (χ0) is 13.9. The number of halogens is 1. The van der Waals surface area contributed by atoms with Gasteiger partial charge in [-0.3, -0.25) is 4.90 Å². The van der Waals surface area contributed by atoms with Crippen LogP contribution in [0.5, 0.6) is 11.5 Å². The van der Waals surface area contributed by atoms with E-state index in [1.165, 1.54) is 18.4 Å². The minimum atomic E-state index is 0.571. The Morgan fingerprint density at radius 1 is 1.35 bits per heavy atom. The largest absolute Gasteiger partial charge is 0.486 e. The molecule has 4 nitrogen and oxygen atoms in total. The van der Waals surface area contributed by atoms with E-state index in [1.54, 1.807) is 0 Å². The summed E-state index contributed by atoms with van der Waals surface area (Å²) >= 11 is 6.29. The van der Waals surface area contributed by atoms with E-state index in [-0.39, 0.29) is 0 Å². The van der Waals surface area contributed by atoms with Crippen molar-refractivity contribution in [3.05, 3.63) is 22.7 Å². The molecular formula is C15H21ClN2O2. The van der Waals surface area contributed by atoms with Gasteiger partial charge in [0.05, 0.1) is 5.02 Å². The highest BCUT2D eigenvalue weighted by molar-refractivity contribution is 6.32. The van der Waals surface area contributed by atoms with Gasteiger partial charge in [-0.05, 0) is 44.1 Å². The van der Waals surface area contributed by atoms with Gasteiger partial charge in [0, 0.05) is 19.1 Å². The van der Waals surface area contributed by atoms with E-state index >= 15 is 0 Å². The normalized spacial score (nSPS) is 22.8. The minimum Gasteiger partial charge on any atom is -0.486 e. The Balaban J connectivity index is 1.72. The number of hydrogen-bond donors (Lipinski definition) is 1.